The van der Waals surface area contributed by atoms with Crippen molar-refractivity contribution in [3.63, 3.8) is 0 Å². The summed E-state index contributed by atoms with van der Waals surface area (Å²) in [7, 11) is 1.48. The van der Waals surface area contributed by atoms with E-state index in [0.717, 1.165) is 19.3 Å². The standard InChI is InChI=1S/C22H23N7O3/c1-3-29-18(15-8-14(9-23)20(31-2)24-10-15)27-17-19(29)25-12-26-21(17)32-16-6-7-28(11-16)22(30)13-4-5-13/h8,10,12-13,16H,3-7,11H2,1-2H3/t16-/m0/s1. The lowest BCUT2D eigenvalue weighted by molar-refractivity contribution is -0.131. The Morgan fingerprint density at radius 3 is 2.81 bits per heavy atom. The van der Waals surface area contributed by atoms with Crippen molar-refractivity contribution in [2.45, 2.75) is 38.8 Å². The molecule has 1 saturated heterocycles. The van der Waals surface area contributed by atoms with E-state index in [9.17, 15) is 10.1 Å². The monoisotopic (exact) mass is 433 g/mol. The van der Waals surface area contributed by atoms with Gasteiger partial charge >= 0.3 is 0 Å². The average Bonchev–Trinajstić information content (AvgIpc) is 3.45. The molecule has 32 heavy (non-hydrogen) atoms. The van der Waals surface area contributed by atoms with E-state index in [-0.39, 0.29) is 23.8 Å². The van der Waals surface area contributed by atoms with Crippen LogP contribution in [0, 0.1) is 17.2 Å². The Morgan fingerprint density at radius 2 is 2.09 bits per heavy atom. The second kappa shape index (κ2) is 8.07. The lowest BCUT2D eigenvalue weighted by atomic mass is 10.2. The molecule has 1 atom stereocenters. The van der Waals surface area contributed by atoms with Gasteiger partial charge in [-0.2, -0.15) is 10.2 Å². The van der Waals surface area contributed by atoms with E-state index in [2.05, 4.69) is 21.0 Å². The molecule has 0 radical (unpaired) electrons. The molecule has 1 amide bonds. The summed E-state index contributed by atoms with van der Waals surface area (Å²) in [6, 6.07) is 3.80. The van der Waals surface area contributed by atoms with Crippen LogP contribution in [0.4, 0.5) is 0 Å². The lowest BCUT2D eigenvalue weighted by Crippen LogP contribution is -2.32. The minimum absolute atomic E-state index is 0.126. The highest BCUT2D eigenvalue weighted by atomic mass is 16.5. The largest absolute Gasteiger partial charge is 0.480 e. The van der Waals surface area contributed by atoms with Gasteiger partial charge in [0.15, 0.2) is 11.2 Å². The van der Waals surface area contributed by atoms with Crippen LogP contribution in [0.3, 0.4) is 0 Å². The molecule has 10 heteroatoms. The topological polar surface area (TPSA) is 119 Å². The Balaban J connectivity index is 1.47. The third-order valence-electron chi connectivity index (χ3n) is 5.90. The molecule has 164 valence electrons. The van der Waals surface area contributed by atoms with Gasteiger partial charge in [-0.1, -0.05) is 0 Å². The van der Waals surface area contributed by atoms with E-state index >= 15 is 0 Å². The number of hydrogen-bond acceptors (Lipinski definition) is 8. The van der Waals surface area contributed by atoms with Gasteiger partial charge in [-0.25, -0.2) is 15.0 Å². The van der Waals surface area contributed by atoms with E-state index in [1.54, 1.807) is 12.3 Å². The van der Waals surface area contributed by atoms with Gasteiger partial charge in [0.2, 0.25) is 17.7 Å². The van der Waals surface area contributed by atoms with E-state index < -0.39 is 0 Å². The van der Waals surface area contributed by atoms with Crippen LogP contribution in [0.15, 0.2) is 18.6 Å². The van der Waals surface area contributed by atoms with Crippen molar-refractivity contribution in [3.05, 3.63) is 24.2 Å². The van der Waals surface area contributed by atoms with Crippen molar-refractivity contribution >= 4 is 17.1 Å². The highest BCUT2D eigenvalue weighted by molar-refractivity contribution is 5.82. The Hall–Kier alpha value is -3.74. The number of imidazole rings is 1. The van der Waals surface area contributed by atoms with Gasteiger partial charge in [0.25, 0.3) is 0 Å². The number of methoxy groups -OCH3 is 1. The predicted molar refractivity (Wildman–Crippen MR) is 114 cm³/mol. The highest BCUT2D eigenvalue weighted by Gasteiger charge is 2.37. The predicted octanol–water partition coefficient (Wildman–Crippen LogP) is 2.18. The minimum Gasteiger partial charge on any atom is -0.480 e. The molecule has 10 nitrogen and oxygen atoms in total. The first-order valence-electron chi connectivity index (χ1n) is 10.7. The number of aromatic nitrogens is 5. The van der Waals surface area contributed by atoms with Gasteiger partial charge in [-0.3, -0.25) is 4.79 Å². The smallest absolute Gasteiger partial charge is 0.245 e. The number of nitriles is 1. The number of pyridine rings is 1. The first-order valence-corrected chi connectivity index (χ1v) is 10.7. The molecule has 1 aliphatic heterocycles. The maximum atomic E-state index is 12.4. The summed E-state index contributed by atoms with van der Waals surface area (Å²) in [6.45, 7) is 3.88. The number of hydrogen-bond donors (Lipinski definition) is 0. The third kappa shape index (κ3) is 3.49. The van der Waals surface area contributed by atoms with E-state index in [1.165, 1.54) is 13.4 Å². The maximum Gasteiger partial charge on any atom is 0.245 e. The summed E-state index contributed by atoms with van der Waals surface area (Å²) in [5, 5.41) is 9.42. The van der Waals surface area contributed by atoms with Crippen LogP contribution in [0.25, 0.3) is 22.6 Å². The number of amides is 1. The molecule has 1 saturated carbocycles. The number of likely N-dealkylation sites (tertiary alicyclic amines) is 1. The Labute approximate surface area is 184 Å². The third-order valence-corrected chi connectivity index (χ3v) is 5.90. The van der Waals surface area contributed by atoms with Gasteiger partial charge in [-0.15, -0.1) is 0 Å². The molecule has 3 aromatic heterocycles. The number of fused-ring (bicyclic) bond motifs is 1. The van der Waals surface area contributed by atoms with Crippen molar-refractivity contribution in [1.29, 1.82) is 5.26 Å². The fraction of sp³-hybridized carbons (Fsp3) is 0.455. The van der Waals surface area contributed by atoms with Gasteiger partial charge in [-0.05, 0) is 25.8 Å². The molecule has 0 aromatic carbocycles. The van der Waals surface area contributed by atoms with Crippen LogP contribution < -0.4 is 9.47 Å². The molecule has 3 aromatic rings. The van der Waals surface area contributed by atoms with Crippen molar-refractivity contribution in [2.75, 3.05) is 20.2 Å². The normalized spacial score (nSPS) is 18.0. The van der Waals surface area contributed by atoms with E-state index in [1.807, 2.05) is 16.4 Å². The second-order valence-corrected chi connectivity index (χ2v) is 8.01. The minimum atomic E-state index is -0.126. The number of nitrogens with zero attached hydrogens (tertiary/aromatic N) is 7. The molecule has 2 fully saturated rings. The fourth-order valence-electron chi connectivity index (χ4n) is 4.11. The molecule has 0 bridgehead atoms. The first kappa shape index (κ1) is 20.2. The van der Waals surface area contributed by atoms with Crippen molar-refractivity contribution in [1.82, 2.24) is 29.4 Å². The zero-order valence-electron chi connectivity index (χ0n) is 18.0. The van der Waals surface area contributed by atoms with Crippen molar-refractivity contribution < 1.29 is 14.3 Å². The molecular weight excluding hydrogens is 410 g/mol. The van der Waals surface area contributed by atoms with Crippen molar-refractivity contribution in [3.8, 4) is 29.2 Å². The number of rotatable bonds is 6. The molecule has 1 aliphatic carbocycles. The van der Waals surface area contributed by atoms with Gasteiger partial charge in [0, 0.05) is 37.2 Å². The SMILES string of the molecule is CCn1c(-c2cnc(OC)c(C#N)c2)nc2c(O[C@H]3CCN(C(=O)C4CC4)C3)ncnc21. The Bertz CT molecular complexity index is 1230. The number of carbonyl (C=O) groups excluding carboxylic acids is 1. The van der Waals surface area contributed by atoms with E-state index in [0.29, 0.717) is 53.6 Å². The van der Waals surface area contributed by atoms with Crippen molar-refractivity contribution in [2.24, 2.45) is 5.92 Å². The zero-order valence-corrected chi connectivity index (χ0v) is 18.0. The molecule has 5 rings (SSSR count). The Morgan fingerprint density at radius 1 is 1.25 bits per heavy atom. The summed E-state index contributed by atoms with van der Waals surface area (Å²) in [6.07, 6.45) is 5.72. The first-order chi connectivity index (χ1) is 15.6. The maximum absolute atomic E-state index is 12.4. The summed E-state index contributed by atoms with van der Waals surface area (Å²) in [5.41, 5.74) is 2.19. The van der Waals surface area contributed by atoms with Gasteiger partial charge in [0.1, 0.15) is 29.9 Å². The molecular formula is C22H23N7O3. The average molecular weight is 433 g/mol. The van der Waals surface area contributed by atoms with Crippen LogP contribution in [0.5, 0.6) is 11.8 Å². The van der Waals surface area contributed by atoms with Gasteiger partial charge < -0.3 is 18.9 Å². The molecule has 0 unspecified atom stereocenters. The summed E-state index contributed by atoms with van der Waals surface area (Å²) in [4.78, 5) is 32.0. The second-order valence-electron chi connectivity index (χ2n) is 8.01. The molecule has 0 N–H and O–H groups in total. The summed E-state index contributed by atoms with van der Waals surface area (Å²) >= 11 is 0. The Kier molecular flexibility index (Phi) is 5.09. The zero-order chi connectivity index (χ0) is 22.2. The van der Waals surface area contributed by atoms with E-state index in [4.69, 9.17) is 14.5 Å². The molecule has 2 aliphatic rings. The van der Waals surface area contributed by atoms with Crippen LogP contribution >= 0.6 is 0 Å². The van der Waals surface area contributed by atoms with Crippen LogP contribution in [0.1, 0.15) is 31.7 Å². The van der Waals surface area contributed by atoms with Crippen LogP contribution in [-0.2, 0) is 11.3 Å². The highest BCUT2D eigenvalue weighted by Crippen LogP contribution is 2.33. The quantitative estimate of drug-likeness (QED) is 0.580. The number of carbonyl (C=O) groups is 1. The fourth-order valence-corrected chi connectivity index (χ4v) is 4.11. The molecule has 0 spiro atoms. The number of aryl methyl sites for hydroxylation is 1. The van der Waals surface area contributed by atoms with Crippen LogP contribution in [-0.4, -0.2) is 61.6 Å². The van der Waals surface area contributed by atoms with Gasteiger partial charge in [0.05, 0.1) is 13.7 Å². The summed E-state index contributed by atoms with van der Waals surface area (Å²) < 4.78 is 13.3. The van der Waals surface area contributed by atoms with Crippen LogP contribution in [0.2, 0.25) is 0 Å². The lowest BCUT2D eigenvalue weighted by Gasteiger charge is -2.16. The summed E-state index contributed by atoms with van der Waals surface area (Å²) in [5.74, 6) is 1.74. The number of ether oxygens (including phenoxy) is 2. The molecule has 4 heterocycles.